The number of anilines is 2. The van der Waals surface area contributed by atoms with Gasteiger partial charge in [0.25, 0.3) is 0 Å². The molecule has 1 amide bonds. The van der Waals surface area contributed by atoms with Crippen molar-refractivity contribution < 1.29 is 9.32 Å². The van der Waals surface area contributed by atoms with Gasteiger partial charge < -0.3 is 9.84 Å². The fourth-order valence-corrected chi connectivity index (χ4v) is 1.69. The fourth-order valence-electron chi connectivity index (χ4n) is 1.39. The molecule has 0 aliphatic heterocycles. The Morgan fingerprint density at radius 3 is 2.74 bits per heavy atom. The molecule has 0 aliphatic carbocycles. The Morgan fingerprint density at radius 2 is 2.11 bits per heavy atom. The molecule has 5 nitrogen and oxygen atoms in total. The zero-order valence-corrected chi connectivity index (χ0v) is 11.5. The van der Waals surface area contributed by atoms with Gasteiger partial charge in [-0.15, -0.1) is 0 Å². The molecule has 2 rings (SSSR count). The number of nitrogens with zero attached hydrogens (tertiary/aromatic N) is 1. The molecule has 1 aromatic heterocycles. The van der Waals surface area contributed by atoms with Crippen LogP contribution in [0.5, 0.6) is 0 Å². The van der Waals surface area contributed by atoms with Crippen LogP contribution in [0.2, 0.25) is 10.0 Å². The predicted octanol–water partition coefficient (Wildman–Crippen LogP) is 3.34. The van der Waals surface area contributed by atoms with Crippen molar-refractivity contribution in [2.45, 2.75) is 6.92 Å². The molecule has 0 unspecified atom stereocenters. The molecule has 2 N–H and O–H groups in total. The summed E-state index contributed by atoms with van der Waals surface area (Å²) in [5.41, 5.74) is 1.41. The van der Waals surface area contributed by atoms with Gasteiger partial charge in [0.05, 0.1) is 22.3 Å². The molecule has 19 heavy (non-hydrogen) atoms. The minimum atomic E-state index is -0.248. The third-order valence-corrected chi connectivity index (χ3v) is 3.00. The number of carbonyl (C=O) groups excluding carboxylic acids is 1. The molecule has 1 heterocycles. The Labute approximate surface area is 119 Å². The second-order valence-corrected chi connectivity index (χ2v) is 4.68. The van der Waals surface area contributed by atoms with Crippen molar-refractivity contribution in [1.82, 2.24) is 5.16 Å². The Balaban J connectivity index is 1.88. The van der Waals surface area contributed by atoms with Gasteiger partial charge in [0.15, 0.2) is 0 Å². The van der Waals surface area contributed by atoms with Gasteiger partial charge in [0.2, 0.25) is 11.8 Å². The van der Waals surface area contributed by atoms with Crippen LogP contribution in [0.3, 0.4) is 0 Å². The second-order valence-electron chi connectivity index (χ2n) is 3.86. The number of benzene rings is 1. The van der Waals surface area contributed by atoms with Gasteiger partial charge in [-0.25, -0.2) is 0 Å². The normalized spacial score (nSPS) is 10.3. The van der Waals surface area contributed by atoms with Gasteiger partial charge in [-0.3, -0.25) is 10.1 Å². The third-order valence-electron chi connectivity index (χ3n) is 2.26. The lowest BCUT2D eigenvalue weighted by Crippen LogP contribution is -2.21. The number of hydrogen-bond acceptors (Lipinski definition) is 4. The van der Waals surface area contributed by atoms with Crippen molar-refractivity contribution in [3.8, 4) is 0 Å². The Hall–Kier alpha value is -1.72. The van der Waals surface area contributed by atoms with E-state index < -0.39 is 0 Å². The van der Waals surface area contributed by atoms with Crippen LogP contribution in [-0.2, 0) is 4.79 Å². The SMILES string of the molecule is Cc1cc(NC(=O)CNc2ccc(Cl)c(Cl)c2)on1. The first kappa shape index (κ1) is 13.7. The van der Waals surface area contributed by atoms with E-state index in [2.05, 4.69) is 15.8 Å². The molecule has 0 saturated heterocycles. The molecule has 0 fully saturated rings. The summed E-state index contributed by atoms with van der Waals surface area (Å²) in [4.78, 5) is 11.6. The first-order valence-corrected chi connectivity index (χ1v) is 6.22. The zero-order valence-electron chi connectivity index (χ0n) is 10.0. The van der Waals surface area contributed by atoms with E-state index >= 15 is 0 Å². The largest absolute Gasteiger partial charge is 0.376 e. The van der Waals surface area contributed by atoms with Gasteiger partial charge in [-0.05, 0) is 25.1 Å². The minimum absolute atomic E-state index is 0.0811. The van der Waals surface area contributed by atoms with Crippen LogP contribution in [0.15, 0.2) is 28.8 Å². The summed E-state index contributed by atoms with van der Waals surface area (Å²) in [7, 11) is 0. The number of carbonyl (C=O) groups is 1. The van der Waals surface area contributed by atoms with Crippen LogP contribution in [0.4, 0.5) is 11.6 Å². The summed E-state index contributed by atoms with van der Waals surface area (Å²) >= 11 is 11.7. The number of rotatable bonds is 4. The van der Waals surface area contributed by atoms with Crippen molar-refractivity contribution in [1.29, 1.82) is 0 Å². The molecule has 7 heteroatoms. The quantitative estimate of drug-likeness (QED) is 0.908. The Kier molecular flexibility index (Phi) is 4.29. The molecular formula is C12H11Cl2N3O2. The molecule has 100 valence electrons. The lowest BCUT2D eigenvalue weighted by atomic mass is 10.3. The van der Waals surface area contributed by atoms with Crippen molar-refractivity contribution >= 4 is 40.7 Å². The molecular weight excluding hydrogens is 289 g/mol. The smallest absolute Gasteiger partial charge is 0.246 e. The van der Waals surface area contributed by atoms with Crippen LogP contribution >= 0.6 is 23.2 Å². The summed E-state index contributed by atoms with van der Waals surface area (Å²) in [5, 5.41) is 10.1. The number of aromatic nitrogens is 1. The second kappa shape index (κ2) is 5.95. The summed E-state index contributed by atoms with van der Waals surface area (Å²) < 4.78 is 4.87. The molecule has 0 spiro atoms. The average molecular weight is 300 g/mol. The van der Waals surface area contributed by atoms with Gasteiger partial charge in [0.1, 0.15) is 0 Å². The number of halogens is 2. The highest BCUT2D eigenvalue weighted by atomic mass is 35.5. The van der Waals surface area contributed by atoms with E-state index in [9.17, 15) is 4.79 Å². The maximum atomic E-state index is 11.6. The van der Waals surface area contributed by atoms with Crippen LogP contribution in [-0.4, -0.2) is 17.6 Å². The van der Waals surface area contributed by atoms with E-state index in [1.807, 2.05) is 0 Å². The molecule has 1 aromatic carbocycles. The molecule has 0 radical (unpaired) electrons. The number of hydrogen-bond donors (Lipinski definition) is 2. The number of amides is 1. The Bertz CT molecular complexity index is 598. The van der Waals surface area contributed by atoms with Crippen LogP contribution in [0.25, 0.3) is 0 Å². The summed E-state index contributed by atoms with van der Waals surface area (Å²) in [6.45, 7) is 1.85. The fraction of sp³-hybridized carbons (Fsp3) is 0.167. The van der Waals surface area contributed by atoms with Gasteiger partial charge in [-0.2, -0.15) is 0 Å². The average Bonchev–Trinajstić information content (AvgIpc) is 2.76. The summed E-state index contributed by atoms with van der Waals surface area (Å²) in [5.74, 6) is 0.0701. The highest BCUT2D eigenvalue weighted by Crippen LogP contribution is 2.24. The molecule has 2 aromatic rings. The van der Waals surface area contributed by atoms with E-state index in [4.69, 9.17) is 27.7 Å². The predicted molar refractivity (Wildman–Crippen MR) is 74.8 cm³/mol. The third kappa shape index (κ3) is 3.87. The summed E-state index contributed by atoms with van der Waals surface area (Å²) in [6.07, 6.45) is 0. The maximum absolute atomic E-state index is 11.6. The summed E-state index contributed by atoms with van der Waals surface area (Å²) in [6, 6.07) is 6.68. The van der Waals surface area contributed by atoms with E-state index in [1.165, 1.54) is 0 Å². The van der Waals surface area contributed by atoms with Crippen molar-refractivity contribution in [2.24, 2.45) is 0 Å². The van der Waals surface area contributed by atoms with Gasteiger partial charge >= 0.3 is 0 Å². The highest BCUT2D eigenvalue weighted by molar-refractivity contribution is 6.42. The zero-order chi connectivity index (χ0) is 13.8. The van der Waals surface area contributed by atoms with Crippen LogP contribution < -0.4 is 10.6 Å². The van der Waals surface area contributed by atoms with E-state index in [0.717, 1.165) is 0 Å². The van der Waals surface area contributed by atoms with E-state index in [1.54, 1.807) is 31.2 Å². The standard InChI is InChI=1S/C12H11Cl2N3O2/c1-7-4-12(19-17-7)16-11(18)6-15-8-2-3-9(13)10(14)5-8/h2-5,15H,6H2,1H3,(H,16,18). The topological polar surface area (TPSA) is 67.2 Å². The van der Waals surface area contributed by atoms with Crippen LogP contribution in [0.1, 0.15) is 5.69 Å². The number of nitrogens with one attached hydrogen (secondary N) is 2. The number of aryl methyl sites for hydroxylation is 1. The van der Waals surface area contributed by atoms with Crippen molar-refractivity contribution in [2.75, 3.05) is 17.2 Å². The Morgan fingerprint density at radius 1 is 1.32 bits per heavy atom. The minimum Gasteiger partial charge on any atom is -0.376 e. The lowest BCUT2D eigenvalue weighted by molar-refractivity contribution is -0.114. The van der Waals surface area contributed by atoms with Gasteiger partial charge in [0, 0.05) is 11.8 Å². The first-order chi connectivity index (χ1) is 9.04. The van der Waals surface area contributed by atoms with Gasteiger partial charge in [-0.1, -0.05) is 28.4 Å². The molecule has 0 saturated carbocycles. The highest BCUT2D eigenvalue weighted by Gasteiger charge is 2.06. The molecule has 0 bridgehead atoms. The molecule has 0 aliphatic rings. The maximum Gasteiger partial charge on any atom is 0.246 e. The first-order valence-electron chi connectivity index (χ1n) is 5.46. The molecule has 0 atom stereocenters. The van der Waals surface area contributed by atoms with E-state index in [0.29, 0.717) is 27.3 Å². The van der Waals surface area contributed by atoms with Crippen LogP contribution in [0, 0.1) is 6.92 Å². The monoisotopic (exact) mass is 299 g/mol. The van der Waals surface area contributed by atoms with Crippen molar-refractivity contribution in [3.05, 3.63) is 40.0 Å². The lowest BCUT2D eigenvalue weighted by Gasteiger charge is -2.06. The van der Waals surface area contributed by atoms with E-state index in [-0.39, 0.29) is 12.5 Å². The van der Waals surface area contributed by atoms with Crippen molar-refractivity contribution in [3.63, 3.8) is 0 Å².